The van der Waals surface area contributed by atoms with Crippen LogP contribution < -0.4 is 16.0 Å². The fourth-order valence-corrected chi connectivity index (χ4v) is 2.64. The second kappa shape index (κ2) is 7.34. The molecule has 0 aliphatic carbocycles. The van der Waals surface area contributed by atoms with Crippen LogP contribution in [-0.4, -0.2) is 22.0 Å². The van der Waals surface area contributed by atoms with E-state index in [-0.39, 0.29) is 5.69 Å². The maximum Gasteiger partial charge on any atom is 0.357 e. The van der Waals surface area contributed by atoms with Gasteiger partial charge < -0.3 is 14.1 Å². The Morgan fingerprint density at radius 2 is 1.96 bits per heavy atom. The zero-order valence-corrected chi connectivity index (χ0v) is 14.6. The summed E-state index contributed by atoms with van der Waals surface area (Å²) in [6.07, 6.45) is 2.62. The largest absolute Gasteiger partial charge is 0.495 e. The van der Waals surface area contributed by atoms with Crippen molar-refractivity contribution in [2.45, 2.75) is 0 Å². The number of rotatable bonds is 5. The summed E-state index contributed by atoms with van der Waals surface area (Å²) in [5, 5.41) is 11.4. The molecule has 0 unspecified atom stereocenters. The van der Waals surface area contributed by atoms with Gasteiger partial charge in [-0.3, -0.25) is 19.9 Å². The van der Waals surface area contributed by atoms with E-state index in [0.29, 0.717) is 27.9 Å². The average Bonchev–Trinajstić information content (AvgIpc) is 3.08. The van der Waals surface area contributed by atoms with Crippen molar-refractivity contribution in [2.75, 3.05) is 7.11 Å². The lowest BCUT2D eigenvalue weighted by Gasteiger charge is -2.04. The molecule has 0 amide bonds. The summed E-state index contributed by atoms with van der Waals surface area (Å²) >= 11 is 6.09. The van der Waals surface area contributed by atoms with Crippen molar-refractivity contribution in [3.8, 4) is 17.1 Å². The van der Waals surface area contributed by atoms with Crippen LogP contribution >= 0.6 is 11.6 Å². The van der Waals surface area contributed by atoms with E-state index in [2.05, 4.69) is 4.98 Å². The molecule has 0 atom stereocenters. The summed E-state index contributed by atoms with van der Waals surface area (Å²) in [6, 6.07) is 8.44. The van der Waals surface area contributed by atoms with E-state index in [4.69, 9.17) is 20.8 Å². The topological polar surface area (TPSA) is 131 Å². The number of benzene rings is 1. The van der Waals surface area contributed by atoms with E-state index >= 15 is 0 Å². The maximum atomic E-state index is 11.6. The number of halogens is 1. The molecule has 0 saturated carbocycles. The number of methoxy groups -OCH3 is 1. The fraction of sp³-hybridized carbons (Fsp3) is 0.0588. The predicted octanol–water partition coefficient (Wildman–Crippen LogP) is 3.06. The predicted molar refractivity (Wildman–Crippen MR) is 99.0 cm³/mol. The summed E-state index contributed by atoms with van der Waals surface area (Å²) < 4.78 is 10.7. The van der Waals surface area contributed by atoms with E-state index in [1.807, 2.05) is 4.98 Å². The molecule has 2 aromatic heterocycles. The smallest absolute Gasteiger partial charge is 0.357 e. The van der Waals surface area contributed by atoms with Gasteiger partial charge in [0, 0.05) is 5.56 Å². The summed E-state index contributed by atoms with van der Waals surface area (Å²) in [5.41, 5.74) is -2.23. The molecule has 138 valence electrons. The lowest BCUT2D eigenvalue weighted by molar-refractivity contribution is -0.386. The van der Waals surface area contributed by atoms with Gasteiger partial charge in [0.1, 0.15) is 23.0 Å². The first-order chi connectivity index (χ1) is 12.9. The molecule has 3 aromatic rings. The van der Waals surface area contributed by atoms with Crippen molar-refractivity contribution >= 4 is 29.4 Å². The Morgan fingerprint density at radius 1 is 1.19 bits per heavy atom. The van der Waals surface area contributed by atoms with Crippen molar-refractivity contribution in [1.82, 2.24) is 9.97 Å². The summed E-state index contributed by atoms with van der Waals surface area (Å²) in [7, 11) is 1.51. The van der Waals surface area contributed by atoms with Crippen LogP contribution in [0.1, 0.15) is 11.5 Å². The van der Waals surface area contributed by atoms with Gasteiger partial charge in [-0.25, -0.2) is 4.79 Å². The average molecular weight is 390 g/mol. The van der Waals surface area contributed by atoms with Gasteiger partial charge in [-0.15, -0.1) is 0 Å². The van der Waals surface area contributed by atoms with E-state index in [9.17, 15) is 19.7 Å². The van der Waals surface area contributed by atoms with Gasteiger partial charge in [0.2, 0.25) is 0 Å². The van der Waals surface area contributed by atoms with Crippen LogP contribution in [0.15, 0.2) is 44.3 Å². The zero-order chi connectivity index (χ0) is 19.6. The number of nitrogens with zero attached hydrogens (tertiary/aromatic N) is 1. The molecule has 3 rings (SSSR count). The van der Waals surface area contributed by atoms with Gasteiger partial charge in [0.15, 0.2) is 0 Å². The number of hydrogen-bond donors (Lipinski definition) is 2. The number of furan rings is 1. The monoisotopic (exact) mass is 389 g/mol. The van der Waals surface area contributed by atoms with E-state index in [1.54, 1.807) is 30.3 Å². The Labute approximate surface area is 156 Å². The van der Waals surface area contributed by atoms with Gasteiger partial charge in [0.05, 0.1) is 17.1 Å². The fourth-order valence-electron chi connectivity index (χ4n) is 2.38. The lowest BCUT2D eigenvalue weighted by Crippen LogP contribution is -2.25. The van der Waals surface area contributed by atoms with Crippen LogP contribution in [0.5, 0.6) is 5.75 Å². The molecule has 0 radical (unpaired) electrons. The molecule has 1 aromatic carbocycles. The van der Waals surface area contributed by atoms with Gasteiger partial charge >= 0.3 is 16.9 Å². The summed E-state index contributed by atoms with van der Waals surface area (Å²) in [6.45, 7) is 0. The number of hydrogen-bond acceptors (Lipinski definition) is 6. The van der Waals surface area contributed by atoms with Crippen molar-refractivity contribution in [3.05, 3.63) is 77.8 Å². The van der Waals surface area contributed by atoms with Crippen LogP contribution in [0.3, 0.4) is 0 Å². The van der Waals surface area contributed by atoms with Gasteiger partial charge in [-0.05, 0) is 42.5 Å². The Hall–Kier alpha value is -3.59. The highest BCUT2D eigenvalue weighted by Gasteiger charge is 2.18. The van der Waals surface area contributed by atoms with Gasteiger partial charge in [-0.1, -0.05) is 11.6 Å². The summed E-state index contributed by atoms with van der Waals surface area (Å²) in [4.78, 5) is 37.1. The number of aromatic nitrogens is 2. The SMILES string of the molecule is COc1ccc(-c2ccc(/C=C/c3[nH]c(=O)[nH]c(=O)c3[N+](=O)[O-])o2)cc1Cl. The van der Waals surface area contributed by atoms with Crippen molar-refractivity contribution in [2.24, 2.45) is 0 Å². The number of nitro groups is 1. The molecular weight excluding hydrogens is 378 g/mol. The van der Waals surface area contributed by atoms with Crippen molar-refractivity contribution in [1.29, 1.82) is 0 Å². The third-order valence-electron chi connectivity index (χ3n) is 3.61. The maximum absolute atomic E-state index is 11.6. The quantitative estimate of drug-likeness (QED) is 0.509. The van der Waals surface area contributed by atoms with Crippen LogP contribution in [0, 0.1) is 10.1 Å². The first kappa shape index (κ1) is 18.2. The Bertz CT molecular complexity index is 1160. The Balaban J connectivity index is 1.93. The third-order valence-corrected chi connectivity index (χ3v) is 3.90. The minimum atomic E-state index is -1.09. The van der Waals surface area contributed by atoms with E-state index in [1.165, 1.54) is 19.3 Å². The molecule has 0 spiro atoms. The molecule has 0 fully saturated rings. The van der Waals surface area contributed by atoms with E-state index < -0.39 is 21.9 Å². The first-order valence-electron chi connectivity index (χ1n) is 7.52. The number of ether oxygens (including phenoxy) is 1. The molecule has 0 aliphatic heterocycles. The molecule has 9 nitrogen and oxygen atoms in total. The molecule has 2 N–H and O–H groups in total. The van der Waals surface area contributed by atoms with E-state index in [0.717, 1.165) is 0 Å². The zero-order valence-electron chi connectivity index (χ0n) is 13.8. The second-order valence-electron chi connectivity index (χ2n) is 5.31. The highest BCUT2D eigenvalue weighted by molar-refractivity contribution is 6.32. The Kier molecular flexibility index (Phi) is 4.95. The highest BCUT2D eigenvalue weighted by atomic mass is 35.5. The van der Waals surface area contributed by atoms with Crippen molar-refractivity contribution < 1.29 is 14.1 Å². The molecule has 0 aliphatic rings. The van der Waals surface area contributed by atoms with Crippen molar-refractivity contribution in [3.63, 3.8) is 0 Å². The van der Waals surface area contributed by atoms with Crippen LogP contribution in [0.4, 0.5) is 5.69 Å². The second-order valence-corrected chi connectivity index (χ2v) is 5.72. The van der Waals surface area contributed by atoms with Crippen LogP contribution in [0.2, 0.25) is 5.02 Å². The molecule has 27 heavy (non-hydrogen) atoms. The number of aromatic amines is 2. The first-order valence-corrected chi connectivity index (χ1v) is 7.89. The van der Waals surface area contributed by atoms with Crippen LogP contribution in [-0.2, 0) is 0 Å². The normalized spacial score (nSPS) is 11.0. The Morgan fingerprint density at radius 3 is 2.63 bits per heavy atom. The molecule has 0 bridgehead atoms. The van der Waals surface area contributed by atoms with Gasteiger partial charge in [0.25, 0.3) is 0 Å². The minimum Gasteiger partial charge on any atom is -0.495 e. The third kappa shape index (κ3) is 3.82. The van der Waals surface area contributed by atoms with Crippen LogP contribution in [0.25, 0.3) is 23.5 Å². The molecule has 0 saturated heterocycles. The minimum absolute atomic E-state index is 0.237. The molecule has 10 heteroatoms. The number of H-pyrrole nitrogens is 2. The molecular formula is C17H12ClN3O6. The standard InChI is InChI=1S/C17H12ClN3O6/c1-26-14-6-2-9(8-11(14)18)13-7-4-10(27-13)3-5-12-15(21(24)25)16(22)20-17(23)19-12/h2-8H,1H3,(H2,19,20,22,23)/b5-3+. The van der Waals surface area contributed by atoms with Gasteiger partial charge in [-0.2, -0.15) is 0 Å². The number of nitrogens with one attached hydrogen (secondary N) is 2. The lowest BCUT2D eigenvalue weighted by atomic mass is 10.2. The summed E-state index contributed by atoms with van der Waals surface area (Å²) in [5.74, 6) is 1.39. The molecule has 2 heterocycles. The highest BCUT2D eigenvalue weighted by Crippen LogP contribution is 2.31.